The lowest BCUT2D eigenvalue weighted by molar-refractivity contribution is 0.0686. The lowest BCUT2D eigenvalue weighted by atomic mass is 10.1. The number of hydrogen-bond donors (Lipinski definition) is 1. The molecule has 0 saturated carbocycles. The summed E-state index contributed by atoms with van der Waals surface area (Å²) in [7, 11) is 1.84. The number of hydrogen-bond acceptors (Lipinski definition) is 2. The minimum absolute atomic E-state index is 0.401. The highest BCUT2D eigenvalue weighted by atomic mass is 16.4. The average molecular weight is 208 g/mol. The van der Waals surface area contributed by atoms with Gasteiger partial charge in [-0.05, 0) is 18.2 Å². The maximum absolute atomic E-state index is 11.0. The zero-order valence-corrected chi connectivity index (χ0v) is 9.16. The van der Waals surface area contributed by atoms with E-state index in [0.29, 0.717) is 5.69 Å². The van der Waals surface area contributed by atoms with E-state index >= 15 is 0 Å². The molecule has 0 aromatic carbocycles. The molecule has 1 N–H and O–H groups in total. The summed E-state index contributed by atoms with van der Waals surface area (Å²) in [6, 6.07) is 1.81. The molecule has 1 aliphatic rings. The van der Waals surface area contributed by atoms with Gasteiger partial charge in [-0.3, -0.25) is 4.90 Å². The molecule has 0 unspecified atom stereocenters. The zero-order chi connectivity index (χ0) is 11.0. The summed E-state index contributed by atoms with van der Waals surface area (Å²) in [6.07, 6.45) is 0.951. The third-order valence-corrected chi connectivity index (χ3v) is 3.17. The van der Waals surface area contributed by atoms with E-state index in [0.717, 1.165) is 26.1 Å². The fourth-order valence-corrected chi connectivity index (χ4v) is 2.23. The lowest BCUT2D eigenvalue weighted by Gasteiger charge is -2.25. The number of likely N-dealkylation sites (N-methyl/N-ethyl adjacent to an activating group) is 1. The molecule has 4 heteroatoms. The van der Waals surface area contributed by atoms with Crippen molar-refractivity contribution in [2.45, 2.75) is 19.9 Å². The van der Waals surface area contributed by atoms with Crippen LogP contribution in [0.4, 0.5) is 0 Å². The number of aromatic nitrogens is 1. The van der Waals surface area contributed by atoms with Crippen LogP contribution in [0.2, 0.25) is 0 Å². The SMILES string of the molecule is CCN1CCc2c(cc(C(=O)O)n2C)C1. The molecule has 0 fully saturated rings. The van der Waals surface area contributed by atoms with Crippen molar-refractivity contribution in [3.05, 3.63) is 23.0 Å². The van der Waals surface area contributed by atoms with Crippen molar-refractivity contribution >= 4 is 5.97 Å². The standard InChI is InChI=1S/C11H16N2O2/c1-3-13-5-4-9-8(7-13)6-10(11(14)15)12(9)2/h6H,3-5,7H2,1-2H3,(H,14,15). The molecule has 2 heterocycles. The molecular formula is C11H16N2O2. The molecule has 0 spiro atoms. The van der Waals surface area contributed by atoms with Crippen molar-refractivity contribution in [3.8, 4) is 0 Å². The first-order valence-corrected chi connectivity index (χ1v) is 5.26. The van der Waals surface area contributed by atoms with Crippen molar-refractivity contribution in [3.63, 3.8) is 0 Å². The number of rotatable bonds is 2. The van der Waals surface area contributed by atoms with E-state index < -0.39 is 5.97 Å². The van der Waals surface area contributed by atoms with Gasteiger partial charge in [0.15, 0.2) is 0 Å². The van der Waals surface area contributed by atoms with Crippen LogP contribution in [0.25, 0.3) is 0 Å². The quantitative estimate of drug-likeness (QED) is 0.791. The van der Waals surface area contributed by atoms with Gasteiger partial charge in [-0.2, -0.15) is 0 Å². The fourth-order valence-electron chi connectivity index (χ4n) is 2.23. The number of fused-ring (bicyclic) bond motifs is 1. The maximum Gasteiger partial charge on any atom is 0.352 e. The van der Waals surface area contributed by atoms with E-state index in [4.69, 9.17) is 5.11 Å². The molecule has 0 bridgehead atoms. The van der Waals surface area contributed by atoms with Crippen LogP contribution in [0, 0.1) is 0 Å². The molecule has 2 rings (SSSR count). The predicted octanol–water partition coefficient (Wildman–Crippen LogP) is 1.10. The molecule has 82 valence electrons. The van der Waals surface area contributed by atoms with Gasteiger partial charge in [0.1, 0.15) is 5.69 Å². The van der Waals surface area contributed by atoms with Crippen LogP contribution in [-0.2, 0) is 20.0 Å². The van der Waals surface area contributed by atoms with Crippen molar-refractivity contribution < 1.29 is 9.90 Å². The van der Waals surface area contributed by atoms with Crippen LogP contribution in [0.1, 0.15) is 28.7 Å². The summed E-state index contributed by atoms with van der Waals surface area (Å²) in [6.45, 7) is 5.07. The monoisotopic (exact) mass is 208 g/mol. The summed E-state index contributed by atoms with van der Waals surface area (Å²) < 4.78 is 1.81. The second kappa shape index (κ2) is 3.70. The first-order chi connectivity index (χ1) is 7.13. The van der Waals surface area contributed by atoms with Crippen molar-refractivity contribution in [1.82, 2.24) is 9.47 Å². The third kappa shape index (κ3) is 1.65. The number of carboxylic acid groups (broad SMARTS) is 1. The van der Waals surface area contributed by atoms with Gasteiger partial charge < -0.3 is 9.67 Å². The molecule has 4 nitrogen and oxygen atoms in total. The largest absolute Gasteiger partial charge is 0.477 e. The van der Waals surface area contributed by atoms with Crippen molar-refractivity contribution in [1.29, 1.82) is 0 Å². The third-order valence-electron chi connectivity index (χ3n) is 3.17. The number of aromatic carboxylic acids is 1. The Balaban J connectivity index is 2.37. The molecule has 0 saturated heterocycles. The smallest absolute Gasteiger partial charge is 0.352 e. The highest BCUT2D eigenvalue weighted by molar-refractivity contribution is 5.86. The Morgan fingerprint density at radius 2 is 2.33 bits per heavy atom. The number of carboxylic acids is 1. The maximum atomic E-state index is 11.0. The Morgan fingerprint density at radius 3 is 2.93 bits per heavy atom. The number of nitrogens with zero attached hydrogens (tertiary/aromatic N) is 2. The van der Waals surface area contributed by atoms with Gasteiger partial charge in [-0.15, -0.1) is 0 Å². The Kier molecular flexibility index (Phi) is 2.52. The second-order valence-corrected chi connectivity index (χ2v) is 3.98. The summed E-state index contributed by atoms with van der Waals surface area (Å²) in [5.41, 5.74) is 2.75. The Hall–Kier alpha value is -1.29. The highest BCUT2D eigenvalue weighted by Crippen LogP contribution is 2.22. The van der Waals surface area contributed by atoms with E-state index in [1.807, 2.05) is 11.6 Å². The molecule has 15 heavy (non-hydrogen) atoms. The molecule has 0 aliphatic carbocycles. The van der Waals surface area contributed by atoms with Gasteiger partial charge >= 0.3 is 5.97 Å². The average Bonchev–Trinajstić information content (AvgIpc) is 2.55. The van der Waals surface area contributed by atoms with Gasteiger partial charge in [0.05, 0.1) is 0 Å². The van der Waals surface area contributed by atoms with Crippen molar-refractivity contribution in [2.75, 3.05) is 13.1 Å². The van der Waals surface area contributed by atoms with Gasteiger partial charge in [-0.25, -0.2) is 4.79 Å². The number of carbonyl (C=O) groups is 1. The summed E-state index contributed by atoms with van der Waals surface area (Å²) >= 11 is 0. The predicted molar refractivity (Wildman–Crippen MR) is 57.0 cm³/mol. The second-order valence-electron chi connectivity index (χ2n) is 3.98. The topological polar surface area (TPSA) is 45.5 Å². The Bertz CT molecular complexity index is 396. The van der Waals surface area contributed by atoms with Gasteiger partial charge in [0.25, 0.3) is 0 Å². The molecule has 1 aliphatic heterocycles. The van der Waals surface area contributed by atoms with E-state index in [2.05, 4.69) is 11.8 Å². The zero-order valence-electron chi connectivity index (χ0n) is 9.16. The molecular weight excluding hydrogens is 192 g/mol. The Labute approximate surface area is 89.1 Å². The van der Waals surface area contributed by atoms with Crippen LogP contribution in [0.5, 0.6) is 0 Å². The van der Waals surface area contributed by atoms with Crippen LogP contribution < -0.4 is 0 Å². The van der Waals surface area contributed by atoms with Gasteiger partial charge in [-0.1, -0.05) is 6.92 Å². The molecule has 0 amide bonds. The normalized spacial score (nSPS) is 16.4. The van der Waals surface area contributed by atoms with Crippen LogP contribution in [-0.4, -0.2) is 33.6 Å². The molecule has 1 aromatic rings. The fraction of sp³-hybridized carbons (Fsp3) is 0.545. The van der Waals surface area contributed by atoms with Gasteiger partial charge in [0, 0.05) is 32.3 Å². The van der Waals surface area contributed by atoms with Crippen LogP contribution in [0.3, 0.4) is 0 Å². The first kappa shape index (κ1) is 10.2. The molecule has 0 atom stereocenters. The van der Waals surface area contributed by atoms with Gasteiger partial charge in [0.2, 0.25) is 0 Å². The van der Waals surface area contributed by atoms with E-state index in [9.17, 15) is 4.79 Å². The summed E-state index contributed by atoms with van der Waals surface area (Å²) in [5.74, 6) is -0.838. The summed E-state index contributed by atoms with van der Waals surface area (Å²) in [4.78, 5) is 13.3. The molecule has 1 aromatic heterocycles. The van der Waals surface area contributed by atoms with E-state index in [-0.39, 0.29) is 0 Å². The van der Waals surface area contributed by atoms with E-state index in [1.165, 1.54) is 11.3 Å². The molecule has 0 radical (unpaired) electrons. The lowest BCUT2D eigenvalue weighted by Crippen LogP contribution is -2.30. The first-order valence-electron chi connectivity index (χ1n) is 5.26. The van der Waals surface area contributed by atoms with Crippen molar-refractivity contribution in [2.24, 2.45) is 7.05 Å². The van der Waals surface area contributed by atoms with Crippen LogP contribution >= 0.6 is 0 Å². The summed E-state index contributed by atoms with van der Waals surface area (Å²) in [5, 5.41) is 9.00. The minimum atomic E-state index is -0.838. The van der Waals surface area contributed by atoms with Crippen LogP contribution in [0.15, 0.2) is 6.07 Å². The highest BCUT2D eigenvalue weighted by Gasteiger charge is 2.22. The van der Waals surface area contributed by atoms with E-state index in [1.54, 1.807) is 6.07 Å². The minimum Gasteiger partial charge on any atom is -0.477 e. The Morgan fingerprint density at radius 1 is 1.60 bits per heavy atom.